The molecule has 5 nitrogen and oxygen atoms in total. The van der Waals surface area contributed by atoms with Crippen LogP contribution in [0.3, 0.4) is 0 Å². The molecule has 1 amide bonds. The summed E-state index contributed by atoms with van der Waals surface area (Å²) in [6.45, 7) is 8.51. The van der Waals surface area contributed by atoms with Gasteiger partial charge in [-0.25, -0.2) is 4.99 Å². The molecule has 6 heteroatoms. The van der Waals surface area contributed by atoms with Crippen LogP contribution in [0, 0.1) is 0 Å². The maximum atomic E-state index is 11.3. The number of guanidine groups is 1. The number of primary amides is 1. The van der Waals surface area contributed by atoms with Crippen molar-refractivity contribution in [1.82, 2.24) is 10.6 Å². The summed E-state index contributed by atoms with van der Waals surface area (Å²) in [5.41, 5.74) is 6.81. The second-order valence-electron chi connectivity index (χ2n) is 6.47. The van der Waals surface area contributed by atoms with Gasteiger partial charge in [-0.2, -0.15) is 0 Å². The Morgan fingerprint density at radius 3 is 2.68 bits per heavy atom. The van der Waals surface area contributed by atoms with Gasteiger partial charge >= 0.3 is 0 Å². The Hall–Kier alpha value is -2.34. The van der Waals surface area contributed by atoms with Gasteiger partial charge in [0.05, 0.1) is 6.54 Å². The lowest BCUT2D eigenvalue weighted by molar-refractivity contribution is 0.1000. The van der Waals surface area contributed by atoms with Gasteiger partial charge in [-0.15, -0.1) is 11.3 Å². The fourth-order valence-electron chi connectivity index (χ4n) is 2.39. The van der Waals surface area contributed by atoms with Gasteiger partial charge in [-0.1, -0.05) is 32.0 Å². The fourth-order valence-corrected chi connectivity index (χ4v) is 3.24. The molecule has 1 aromatic heterocycles. The lowest BCUT2D eigenvalue weighted by Crippen LogP contribution is -2.43. The number of rotatable bonds is 7. The standard InChI is InChI=1S/C19H26N4OS/c1-4-21-18(23-13-19(2,3)16-9-6-10-25-16)22-12-14-7-5-8-15(11-14)17(20)24/h5-11H,4,12-13H2,1-3H3,(H2,20,24)(H2,21,22,23). The number of hydrogen-bond acceptors (Lipinski definition) is 3. The number of amides is 1. The predicted octanol–water partition coefficient (Wildman–Crippen LogP) is 2.88. The van der Waals surface area contributed by atoms with Crippen molar-refractivity contribution in [2.24, 2.45) is 10.7 Å². The van der Waals surface area contributed by atoms with Gasteiger partial charge < -0.3 is 16.4 Å². The first-order chi connectivity index (χ1) is 11.9. The first kappa shape index (κ1) is 19.0. The summed E-state index contributed by atoms with van der Waals surface area (Å²) in [7, 11) is 0. The normalized spacial score (nSPS) is 12.0. The Bertz CT molecular complexity index is 723. The summed E-state index contributed by atoms with van der Waals surface area (Å²) in [5, 5.41) is 8.77. The zero-order valence-electron chi connectivity index (χ0n) is 15.0. The van der Waals surface area contributed by atoms with Crippen LogP contribution in [0.5, 0.6) is 0 Å². The van der Waals surface area contributed by atoms with Crippen molar-refractivity contribution in [2.45, 2.75) is 32.7 Å². The van der Waals surface area contributed by atoms with Gasteiger partial charge in [0, 0.05) is 28.9 Å². The quantitative estimate of drug-likeness (QED) is 0.526. The number of carbonyl (C=O) groups excluding carboxylic acids is 1. The number of nitrogens with zero attached hydrogens (tertiary/aromatic N) is 1. The van der Waals surface area contributed by atoms with Crippen molar-refractivity contribution < 1.29 is 4.79 Å². The van der Waals surface area contributed by atoms with E-state index in [1.165, 1.54) is 4.88 Å². The van der Waals surface area contributed by atoms with Crippen LogP contribution in [0.2, 0.25) is 0 Å². The Labute approximate surface area is 153 Å². The summed E-state index contributed by atoms with van der Waals surface area (Å²) in [6, 6.07) is 11.5. The van der Waals surface area contributed by atoms with Crippen molar-refractivity contribution in [3.05, 3.63) is 57.8 Å². The highest BCUT2D eigenvalue weighted by Gasteiger charge is 2.21. The minimum Gasteiger partial charge on any atom is -0.366 e. The maximum absolute atomic E-state index is 11.3. The monoisotopic (exact) mass is 358 g/mol. The largest absolute Gasteiger partial charge is 0.366 e. The molecule has 134 valence electrons. The zero-order valence-corrected chi connectivity index (χ0v) is 15.8. The molecule has 2 rings (SSSR count). The van der Waals surface area contributed by atoms with Crippen LogP contribution >= 0.6 is 11.3 Å². The Morgan fingerprint density at radius 2 is 2.04 bits per heavy atom. The molecule has 0 atom stereocenters. The molecule has 0 bridgehead atoms. The lowest BCUT2D eigenvalue weighted by atomic mass is 9.91. The van der Waals surface area contributed by atoms with Crippen LogP contribution in [-0.2, 0) is 12.0 Å². The van der Waals surface area contributed by atoms with Crippen LogP contribution < -0.4 is 16.4 Å². The van der Waals surface area contributed by atoms with Gasteiger partial charge in [0.1, 0.15) is 0 Å². The molecule has 1 heterocycles. The van der Waals surface area contributed by atoms with E-state index in [0.29, 0.717) is 12.1 Å². The van der Waals surface area contributed by atoms with Gasteiger partial charge in [0.15, 0.2) is 5.96 Å². The van der Waals surface area contributed by atoms with Gasteiger partial charge in [-0.3, -0.25) is 4.79 Å². The molecule has 0 unspecified atom stereocenters. The third-order valence-electron chi connectivity index (χ3n) is 3.86. The first-order valence-corrected chi connectivity index (χ1v) is 9.25. The number of carbonyl (C=O) groups is 1. The van der Waals surface area contributed by atoms with E-state index in [0.717, 1.165) is 24.6 Å². The topological polar surface area (TPSA) is 79.5 Å². The van der Waals surface area contributed by atoms with Gasteiger partial charge in [0.25, 0.3) is 0 Å². The van der Waals surface area contributed by atoms with Crippen LogP contribution in [0.1, 0.15) is 41.6 Å². The number of aliphatic imine (C=N–C) groups is 1. The molecule has 4 N–H and O–H groups in total. The summed E-state index contributed by atoms with van der Waals surface area (Å²) in [5.74, 6) is 0.338. The van der Waals surface area contributed by atoms with E-state index < -0.39 is 5.91 Å². The molecular weight excluding hydrogens is 332 g/mol. The molecular formula is C19H26N4OS. The molecule has 0 radical (unpaired) electrons. The van der Waals surface area contributed by atoms with Gasteiger partial charge in [-0.05, 0) is 36.1 Å². The van der Waals surface area contributed by atoms with Crippen LogP contribution in [0.25, 0.3) is 0 Å². The molecule has 1 aromatic carbocycles. The van der Waals surface area contributed by atoms with E-state index in [4.69, 9.17) is 5.73 Å². The van der Waals surface area contributed by atoms with Crippen LogP contribution in [-0.4, -0.2) is 25.0 Å². The summed E-state index contributed by atoms with van der Waals surface area (Å²) in [4.78, 5) is 17.2. The highest BCUT2D eigenvalue weighted by atomic mass is 32.1. The second kappa shape index (κ2) is 8.67. The summed E-state index contributed by atoms with van der Waals surface area (Å²) >= 11 is 1.77. The van der Waals surface area contributed by atoms with Gasteiger partial charge in [0.2, 0.25) is 5.91 Å². The van der Waals surface area contributed by atoms with Crippen molar-refractivity contribution in [2.75, 3.05) is 13.1 Å². The van der Waals surface area contributed by atoms with E-state index >= 15 is 0 Å². The zero-order chi connectivity index (χ0) is 18.3. The Morgan fingerprint density at radius 1 is 1.24 bits per heavy atom. The minimum atomic E-state index is -0.423. The number of nitrogens with one attached hydrogen (secondary N) is 2. The van der Waals surface area contributed by atoms with Crippen LogP contribution in [0.4, 0.5) is 0 Å². The molecule has 0 spiro atoms. The number of benzene rings is 1. The number of hydrogen-bond donors (Lipinski definition) is 3. The average molecular weight is 359 g/mol. The number of nitrogens with two attached hydrogens (primary N) is 1. The molecule has 0 fully saturated rings. The molecule has 0 saturated heterocycles. The highest BCUT2D eigenvalue weighted by Crippen LogP contribution is 2.26. The third-order valence-corrected chi connectivity index (χ3v) is 5.10. The number of thiophene rings is 1. The molecule has 0 aliphatic carbocycles. The average Bonchev–Trinajstić information content (AvgIpc) is 3.13. The van der Waals surface area contributed by atoms with E-state index in [1.807, 2.05) is 19.1 Å². The SMILES string of the molecule is CCNC(=NCc1cccc(C(N)=O)c1)NCC(C)(C)c1cccs1. The Balaban J connectivity index is 2.03. The van der Waals surface area contributed by atoms with Crippen molar-refractivity contribution >= 4 is 23.2 Å². The summed E-state index contributed by atoms with van der Waals surface area (Å²) < 4.78 is 0. The minimum absolute atomic E-state index is 0.0241. The van der Waals surface area contributed by atoms with Crippen molar-refractivity contribution in [3.8, 4) is 0 Å². The predicted molar refractivity (Wildman–Crippen MR) is 105 cm³/mol. The first-order valence-electron chi connectivity index (χ1n) is 8.37. The van der Waals surface area contributed by atoms with E-state index in [-0.39, 0.29) is 5.41 Å². The van der Waals surface area contributed by atoms with Crippen molar-refractivity contribution in [1.29, 1.82) is 0 Å². The Kier molecular flexibility index (Phi) is 6.58. The molecule has 25 heavy (non-hydrogen) atoms. The van der Waals surface area contributed by atoms with E-state index in [1.54, 1.807) is 23.5 Å². The maximum Gasteiger partial charge on any atom is 0.248 e. The third kappa shape index (κ3) is 5.60. The summed E-state index contributed by atoms with van der Waals surface area (Å²) in [6.07, 6.45) is 0. The molecule has 0 aliphatic rings. The second-order valence-corrected chi connectivity index (χ2v) is 7.42. The smallest absolute Gasteiger partial charge is 0.248 e. The van der Waals surface area contributed by atoms with Crippen molar-refractivity contribution in [3.63, 3.8) is 0 Å². The molecule has 2 aromatic rings. The van der Waals surface area contributed by atoms with Crippen LogP contribution in [0.15, 0.2) is 46.8 Å². The fraction of sp³-hybridized carbons (Fsp3) is 0.368. The molecule has 0 aliphatic heterocycles. The van der Waals surface area contributed by atoms with E-state index in [9.17, 15) is 4.79 Å². The lowest BCUT2D eigenvalue weighted by Gasteiger charge is -2.25. The van der Waals surface area contributed by atoms with E-state index in [2.05, 4.69) is 47.0 Å². The molecule has 0 saturated carbocycles. The highest BCUT2D eigenvalue weighted by molar-refractivity contribution is 7.10.